The Labute approximate surface area is 110 Å². The van der Waals surface area contributed by atoms with Crippen LogP contribution in [-0.4, -0.2) is 29.6 Å². The molecular weight excluding hydrogens is 248 g/mol. The van der Waals surface area contributed by atoms with E-state index in [1.807, 2.05) is 13.0 Å². The minimum atomic E-state index is -0.603. The van der Waals surface area contributed by atoms with Crippen LogP contribution in [0.1, 0.15) is 23.8 Å². The zero-order valence-corrected chi connectivity index (χ0v) is 10.7. The van der Waals surface area contributed by atoms with Gasteiger partial charge in [-0.05, 0) is 13.0 Å². The monoisotopic (exact) mass is 264 g/mol. The van der Waals surface area contributed by atoms with Gasteiger partial charge in [0.05, 0.1) is 18.2 Å². The summed E-state index contributed by atoms with van der Waals surface area (Å²) in [5.41, 5.74) is 6.37. The Kier molecular flexibility index (Phi) is 5.41. The molecule has 1 aromatic rings. The number of hydrogen-bond donors (Lipinski definition) is 2. The van der Waals surface area contributed by atoms with Crippen LogP contribution in [0, 0.1) is 11.3 Å². The van der Waals surface area contributed by atoms with E-state index in [1.165, 1.54) is 6.07 Å². The number of aromatic nitrogens is 1. The normalized spacial score (nSPS) is 9.68. The largest absolute Gasteiger partial charge is 0.451 e. The quantitative estimate of drug-likeness (QED) is 0.566. The molecule has 0 saturated heterocycles. The maximum atomic E-state index is 11.7. The van der Waals surface area contributed by atoms with Crippen molar-refractivity contribution < 1.29 is 14.3 Å². The first-order chi connectivity index (χ1) is 9.08. The SMILES string of the molecule is CCn1cc(N)cc1C(=O)OCC(=O)NCCC#N. The minimum Gasteiger partial charge on any atom is -0.451 e. The van der Waals surface area contributed by atoms with Crippen LogP contribution in [0.2, 0.25) is 0 Å². The van der Waals surface area contributed by atoms with E-state index in [2.05, 4.69) is 5.32 Å². The Hall–Kier alpha value is -2.49. The lowest BCUT2D eigenvalue weighted by Gasteiger charge is -2.07. The van der Waals surface area contributed by atoms with Gasteiger partial charge in [0.15, 0.2) is 6.61 Å². The summed E-state index contributed by atoms with van der Waals surface area (Å²) in [5.74, 6) is -1.04. The number of esters is 1. The number of nitrogen functional groups attached to an aromatic ring is 1. The zero-order chi connectivity index (χ0) is 14.3. The molecule has 102 valence electrons. The summed E-state index contributed by atoms with van der Waals surface area (Å²) < 4.78 is 6.51. The number of nitriles is 1. The molecule has 19 heavy (non-hydrogen) atoms. The van der Waals surface area contributed by atoms with Crippen LogP contribution in [-0.2, 0) is 16.1 Å². The summed E-state index contributed by atoms with van der Waals surface area (Å²) in [6.45, 7) is 2.31. The van der Waals surface area contributed by atoms with Gasteiger partial charge in [-0.15, -0.1) is 0 Å². The number of nitrogens with two attached hydrogens (primary N) is 1. The highest BCUT2D eigenvalue weighted by Gasteiger charge is 2.14. The van der Waals surface area contributed by atoms with Crippen LogP contribution < -0.4 is 11.1 Å². The number of nitrogens with one attached hydrogen (secondary N) is 1. The Bertz CT molecular complexity index is 502. The number of anilines is 1. The lowest BCUT2D eigenvalue weighted by atomic mass is 10.4. The summed E-state index contributed by atoms with van der Waals surface area (Å²) in [6.07, 6.45) is 1.85. The molecule has 1 rings (SSSR count). The number of carbonyl (C=O) groups is 2. The molecule has 0 saturated carbocycles. The van der Waals surface area contributed by atoms with E-state index in [0.717, 1.165) is 0 Å². The zero-order valence-electron chi connectivity index (χ0n) is 10.7. The Balaban J connectivity index is 2.47. The molecule has 0 atom stereocenters. The van der Waals surface area contributed by atoms with Crippen molar-refractivity contribution in [1.82, 2.24) is 9.88 Å². The summed E-state index contributed by atoms with van der Waals surface area (Å²) in [5, 5.41) is 10.8. The van der Waals surface area contributed by atoms with Crippen molar-refractivity contribution in [2.45, 2.75) is 19.9 Å². The maximum Gasteiger partial charge on any atom is 0.355 e. The number of ether oxygens (including phenoxy) is 1. The highest BCUT2D eigenvalue weighted by molar-refractivity contribution is 5.91. The Morgan fingerprint density at radius 2 is 2.32 bits per heavy atom. The molecule has 7 nitrogen and oxygen atoms in total. The third-order valence-electron chi connectivity index (χ3n) is 2.36. The van der Waals surface area contributed by atoms with Gasteiger partial charge >= 0.3 is 5.97 Å². The fourth-order valence-corrected chi connectivity index (χ4v) is 1.48. The molecule has 0 bridgehead atoms. The van der Waals surface area contributed by atoms with Crippen molar-refractivity contribution >= 4 is 17.6 Å². The average molecular weight is 264 g/mol. The first-order valence-electron chi connectivity index (χ1n) is 5.85. The molecule has 0 aliphatic heterocycles. The molecule has 0 fully saturated rings. The summed E-state index contributed by atoms with van der Waals surface area (Å²) in [6, 6.07) is 3.39. The van der Waals surface area contributed by atoms with Crippen molar-refractivity contribution in [2.24, 2.45) is 0 Å². The predicted octanol–water partition coefficient (Wildman–Crippen LogP) is 0.277. The van der Waals surface area contributed by atoms with Crippen LogP contribution in [0.4, 0.5) is 5.69 Å². The maximum absolute atomic E-state index is 11.7. The van der Waals surface area contributed by atoms with Gasteiger partial charge in [0.25, 0.3) is 5.91 Å². The van der Waals surface area contributed by atoms with E-state index in [0.29, 0.717) is 17.9 Å². The summed E-state index contributed by atoms with van der Waals surface area (Å²) >= 11 is 0. The van der Waals surface area contributed by atoms with Crippen LogP contribution in [0.3, 0.4) is 0 Å². The third-order valence-corrected chi connectivity index (χ3v) is 2.36. The number of carbonyl (C=O) groups excluding carboxylic acids is 2. The molecular formula is C12H16N4O3. The first-order valence-corrected chi connectivity index (χ1v) is 5.85. The highest BCUT2D eigenvalue weighted by Crippen LogP contribution is 2.11. The van der Waals surface area contributed by atoms with Crippen LogP contribution in [0.25, 0.3) is 0 Å². The molecule has 1 heterocycles. The molecule has 3 N–H and O–H groups in total. The molecule has 0 spiro atoms. The summed E-state index contributed by atoms with van der Waals surface area (Å²) in [7, 11) is 0. The second-order valence-electron chi connectivity index (χ2n) is 3.78. The van der Waals surface area contributed by atoms with Gasteiger partial charge in [-0.3, -0.25) is 4.79 Å². The van der Waals surface area contributed by atoms with Crippen molar-refractivity contribution in [3.8, 4) is 6.07 Å². The van der Waals surface area contributed by atoms with Crippen molar-refractivity contribution in [1.29, 1.82) is 5.26 Å². The first kappa shape index (κ1) is 14.6. The van der Waals surface area contributed by atoms with Crippen LogP contribution in [0.5, 0.6) is 0 Å². The predicted molar refractivity (Wildman–Crippen MR) is 68.0 cm³/mol. The smallest absolute Gasteiger partial charge is 0.355 e. The van der Waals surface area contributed by atoms with Gasteiger partial charge in [0, 0.05) is 19.3 Å². The van der Waals surface area contributed by atoms with Gasteiger partial charge in [-0.1, -0.05) is 0 Å². The molecule has 0 unspecified atom stereocenters. The van der Waals surface area contributed by atoms with Crippen LogP contribution >= 0.6 is 0 Å². The minimum absolute atomic E-state index is 0.217. The van der Waals surface area contributed by atoms with E-state index in [-0.39, 0.29) is 19.6 Å². The molecule has 0 aliphatic rings. The van der Waals surface area contributed by atoms with Gasteiger partial charge in [-0.2, -0.15) is 5.26 Å². The Morgan fingerprint density at radius 1 is 1.58 bits per heavy atom. The topological polar surface area (TPSA) is 110 Å². The molecule has 1 aromatic heterocycles. The lowest BCUT2D eigenvalue weighted by Crippen LogP contribution is -2.29. The van der Waals surface area contributed by atoms with E-state index in [9.17, 15) is 9.59 Å². The van der Waals surface area contributed by atoms with Crippen molar-refractivity contribution in [3.05, 3.63) is 18.0 Å². The number of hydrogen-bond acceptors (Lipinski definition) is 5. The third kappa shape index (κ3) is 4.35. The van der Waals surface area contributed by atoms with Crippen LogP contribution in [0.15, 0.2) is 12.3 Å². The van der Waals surface area contributed by atoms with E-state index in [4.69, 9.17) is 15.7 Å². The Morgan fingerprint density at radius 3 is 2.95 bits per heavy atom. The molecule has 0 aliphatic carbocycles. The summed E-state index contributed by atoms with van der Waals surface area (Å²) in [4.78, 5) is 23.0. The average Bonchev–Trinajstić information content (AvgIpc) is 2.77. The number of amides is 1. The second-order valence-corrected chi connectivity index (χ2v) is 3.78. The second kappa shape index (κ2) is 7.06. The fraction of sp³-hybridized carbons (Fsp3) is 0.417. The molecule has 7 heteroatoms. The van der Waals surface area contributed by atoms with E-state index in [1.54, 1.807) is 10.8 Å². The van der Waals surface area contributed by atoms with Crippen molar-refractivity contribution in [2.75, 3.05) is 18.9 Å². The van der Waals surface area contributed by atoms with E-state index < -0.39 is 11.9 Å². The molecule has 1 amide bonds. The van der Waals surface area contributed by atoms with Gasteiger partial charge in [0.1, 0.15) is 5.69 Å². The van der Waals surface area contributed by atoms with Gasteiger partial charge in [-0.25, -0.2) is 4.79 Å². The highest BCUT2D eigenvalue weighted by atomic mass is 16.5. The van der Waals surface area contributed by atoms with E-state index >= 15 is 0 Å². The van der Waals surface area contributed by atoms with Gasteiger partial charge in [0.2, 0.25) is 0 Å². The van der Waals surface area contributed by atoms with Crippen molar-refractivity contribution in [3.63, 3.8) is 0 Å². The standard InChI is InChI=1S/C12H16N4O3/c1-2-16-7-9(14)6-10(16)12(18)19-8-11(17)15-5-3-4-13/h6-7H,2-3,5,8,14H2,1H3,(H,15,17). The number of aryl methyl sites for hydroxylation is 1. The molecule has 0 radical (unpaired) electrons. The molecule has 0 aromatic carbocycles. The van der Waals surface area contributed by atoms with Gasteiger partial charge < -0.3 is 20.4 Å². The number of rotatable bonds is 6. The fourth-order valence-electron chi connectivity index (χ4n) is 1.48. The lowest BCUT2D eigenvalue weighted by molar-refractivity contribution is -0.124. The number of nitrogens with zero attached hydrogens (tertiary/aromatic N) is 2.